The van der Waals surface area contributed by atoms with Crippen LogP contribution >= 0.6 is 0 Å². The number of nitrogen functional groups attached to an aromatic ring is 1. The second-order valence-electron chi connectivity index (χ2n) is 3.12. The van der Waals surface area contributed by atoms with Crippen LogP contribution in [-0.4, -0.2) is 9.97 Å². The Morgan fingerprint density at radius 3 is 2.57 bits per heavy atom. The largest absolute Gasteiger partial charge is 0.441 e. The molecule has 4 nitrogen and oxygen atoms in total. The summed E-state index contributed by atoms with van der Waals surface area (Å²) in [5.41, 5.74) is 7.26. The van der Waals surface area contributed by atoms with Crippen molar-refractivity contribution in [3.8, 4) is 11.3 Å². The molecule has 0 aliphatic rings. The van der Waals surface area contributed by atoms with E-state index in [1.54, 1.807) is 12.3 Å². The van der Waals surface area contributed by atoms with Crippen LogP contribution in [0.4, 0.5) is 5.82 Å². The zero-order valence-corrected chi connectivity index (χ0v) is 8.11. The number of rotatable bonds is 1. The summed E-state index contributed by atoms with van der Waals surface area (Å²) in [7, 11) is 0. The highest BCUT2D eigenvalue weighted by Gasteiger charge is 2.08. The summed E-state index contributed by atoms with van der Waals surface area (Å²) < 4.78 is 5.45. The van der Waals surface area contributed by atoms with Crippen molar-refractivity contribution in [2.75, 3.05) is 5.73 Å². The van der Waals surface area contributed by atoms with E-state index in [-0.39, 0.29) is 0 Å². The van der Waals surface area contributed by atoms with E-state index >= 15 is 0 Å². The first-order valence-corrected chi connectivity index (χ1v) is 4.33. The number of hydrogen-bond donors (Lipinski definition) is 1. The van der Waals surface area contributed by atoms with Crippen molar-refractivity contribution in [3.63, 3.8) is 0 Å². The van der Waals surface area contributed by atoms with E-state index in [9.17, 15) is 0 Å². The van der Waals surface area contributed by atoms with Gasteiger partial charge < -0.3 is 10.2 Å². The molecule has 0 saturated heterocycles. The van der Waals surface area contributed by atoms with Crippen molar-refractivity contribution < 1.29 is 4.42 Å². The third-order valence-electron chi connectivity index (χ3n) is 1.95. The number of aryl methyl sites for hydroxylation is 2. The molecule has 2 N–H and O–H groups in total. The molecule has 14 heavy (non-hydrogen) atoms. The first kappa shape index (κ1) is 8.74. The molecule has 0 saturated carbocycles. The Morgan fingerprint density at radius 1 is 1.29 bits per heavy atom. The molecule has 0 radical (unpaired) electrons. The maximum Gasteiger partial charge on any atom is 0.192 e. The summed E-state index contributed by atoms with van der Waals surface area (Å²) in [6.45, 7) is 3.73. The quantitative estimate of drug-likeness (QED) is 0.744. The number of oxazole rings is 1. The summed E-state index contributed by atoms with van der Waals surface area (Å²) in [4.78, 5) is 8.18. The van der Waals surface area contributed by atoms with Crippen LogP contribution < -0.4 is 5.73 Å². The highest BCUT2D eigenvalue weighted by molar-refractivity contribution is 5.59. The van der Waals surface area contributed by atoms with Crippen molar-refractivity contribution in [1.82, 2.24) is 9.97 Å². The third kappa shape index (κ3) is 1.46. The first-order valence-electron chi connectivity index (χ1n) is 4.33. The summed E-state index contributed by atoms with van der Waals surface area (Å²) in [5, 5.41) is 0. The van der Waals surface area contributed by atoms with E-state index in [0.29, 0.717) is 11.7 Å². The van der Waals surface area contributed by atoms with Crippen molar-refractivity contribution >= 4 is 5.82 Å². The predicted octanol–water partition coefficient (Wildman–Crippen LogP) is 1.94. The highest BCUT2D eigenvalue weighted by atomic mass is 16.4. The van der Waals surface area contributed by atoms with Gasteiger partial charge in [0.15, 0.2) is 11.7 Å². The van der Waals surface area contributed by atoms with Crippen LogP contribution in [0.15, 0.2) is 22.7 Å². The minimum atomic E-state index is 0.502. The zero-order chi connectivity index (χ0) is 10.1. The van der Waals surface area contributed by atoms with Gasteiger partial charge in [-0.15, -0.1) is 0 Å². The van der Waals surface area contributed by atoms with Crippen molar-refractivity contribution in [1.29, 1.82) is 0 Å². The number of pyridine rings is 1. The fourth-order valence-electron chi connectivity index (χ4n) is 1.34. The summed E-state index contributed by atoms with van der Waals surface area (Å²) in [5.74, 6) is 1.92. The molecule has 0 amide bonds. The molecule has 2 aromatic rings. The fourth-order valence-corrected chi connectivity index (χ4v) is 1.34. The van der Waals surface area contributed by atoms with Gasteiger partial charge in [-0.05, 0) is 19.1 Å². The Labute approximate surface area is 81.8 Å². The Morgan fingerprint density at radius 2 is 2.07 bits per heavy atom. The van der Waals surface area contributed by atoms with E-state index in [2.05, 4.69) is 9.97 Å². The van der Waals surface area contributed by atoms with E-state index < -0.39 is 0 Å². The standard InChI is InChI=1S/C10H11N3O/c1-6-10(14-7(2)13-6)8-3-4-9(11)12-5-8/h3-5H,1-2H3,(H2,11,12). The average Bonchev–Trinajstić information content (AvgIpc) is 2.47. The summed E-state index contributed by atoms with van der Waals surface area (Å²) in [6, 6.07) is 3.61. The molecule has 0 unspecified atom stereocenters. The minimum Gasteiger partial charge on any atom is -0.441 e. The topological polar surface area (TPSA) is 64.9 Å². The molecule has 72 valence electrons. The highest BCUT2D eigenvalue weighted by Crippen LogP contribution is 2.23. The smallest absolute Gasteiger partial charge is 0.192 e. The normalized spacial score (nSPS) is 10.4. The number of aromatic nitrogens is 2. The molecule has 0 aliphatic carbocycles. The van der Waals surface area contributed by atoms with Crippen LogP contribution in [0.25, 0.3) is 11.3 Å². The lowest BCUT2D eigenvalue weighted by molar-refractivity contribution is 0.534. The number of nitrogens with two attached hydrogens (primary N) is 1. The zero-order valence-electron chi connectivity index (χ0n) is 8.11. The van der Waals surface area contributed by atoms with Gasteiger partial charge in [-0.1, -0.05) is 0 Å². The third-order valence-corrected chi connectivity index (χ3v) is 1.95. The van der Waals surface area contributed by atoms with Gasteiger partial charge in [0.1, 0.15) is 5.82 Å². The maximum absolute atomic E-state index is 5.49. The molecule has 2 aromatic heterocycles. The molecule has 4 heteroatoms. The van der Waals surface area contributed by atoms with Crippen LogP contribution in [0.3, 0.4) is 0 Å². The van der Waals surface area contributed by atoms with Gasteiger partial charge in [0, 0.05) is 18.7 Å². The van der Waals surface area contributed by atoms with Gasteiger partial charge >= 0.3 is 0 Å². The SMILES string of the molecule is Cc1nc(C)c(-c2ccc(N)nc2)o1. The van der Waals surface area contributed by atoms with Gasteiger partial charge in [-0.25, -0.2) is 9.97 Å². The van der Waals surface area contributed by atoms with Crippen LogP contribution in [-0.2, 0) is 0 Å². The molecular weight excluding hydrogens is 178 g/mol. The van der Waals surface area contributed by atoms with Gasteiger partial charge in [0.25, 0.3) is 0 Å². The summed E-state index contributed by atoms with van der Waals surface area (Å²) in [6.07, 6.45) is 1.68. The van der Waals surface area contributed by atoms with Gasteiger partial charge in [0.2, 0.25) is 0 Å². The van der Waals surface area contributed by atoms with Gasteiger partial charge in [0.05, 0.1) is 5.69 Å². The molecule has 0 fully saturated rings. The van der Waals surface area contributed by atoms with E-state index in [4.69, 9.17) is 10.2 Å². The molecule has 2 heterocycles. The van der Waals surface area contributed by atoms with E-state index in [1.807, 2.05) is 19.9 Å². The van der Waals surface area contributed by atoms with Crippen LogP contribution in [0.5, 0.6) is 0 Å². The lowest BCUT2D eigenvalue weighted by Gasteiger charge is -1.97. The number of nitrogens with zero attached hydrogens (tertiary/aromatic N) is 2. The first-order chi connectivity index (χ1) is 6.66. The monoisotopic (exact) mass is 189 g/mol. The number of hydrogen-bond acceptors (Lipinski definition) is 4. The minimum absolute atomic E-state index is 0.502. The van der Waals surface area contributed by atoms with Crippen molar-refractivity contribution in [2.24, 2.45) is 0 Å². The maximum atomic E-state index is 5.49. The molecule has 0 spiro atoms. The second-order valence-corrected chi connectivity index (χ2v) is 3.12. The van der Waals surface area contributed by atoms with Gasteiger partial charge in [-0.2, -0.15) is 0 Å². The molecule has 2 rings (SSSR count). The molecule has 0 aromatic carbocycles. The Kier molecular flexibility index (Phi) is 1.96. The van der Waals surface area contributed by atoms with E-state index in [0.717, 1.165) is 17.0 Å². The number of anilines is 1. The van der Waals surface area contributed by atoms with Crippen LogP contribution in [0.2, 0.25) is 0 Å². The average molecular weight is 189 g/mol. The van der Waals surface area contributed by atoms with Crippen LogP contribution in [0, 0.1) is 13.8 Å². The van der Waals surface area contributed by atoms with Gasteiger partial charge in [-0.3, -0.25) is 0 Å². The lowest BCUT2D eigenvalue weighted by atomic mass is 10.2. The van der Waals surface area contributed by atoms with Crippen molar-refractivity contribution in [2.45, 2.75) is 13.8 Å². The Balaban J connectivity index is 2.49. The molecular formula is C10H11N3O. The van der Waals surface area contributed by atoms with Crippen molar-refractivity contribution in [3.05, 3.63) is 29.9 Å². The van der Waals surface area contributed by atoms with Crippen LogP contribution in [0.1, 0.15) is 11.6 Å². The lowest BCUT2D eigenvalue weighted by Crippen LogP contribution is -1.88. The fraction of sp³-hybridized carbons (Fsp3) is 0.200. The molecule has 0 aliphatic heterocycles. The summed E-state index contributed by atoms with van der Waals surface area (Å²) >= 11 is 0. The Bertz CT molecular complexity index is 445. The Hall–Kier alpha value is -1.84. The second kappa shape index (κ2) is 3.14. The predicted molar refractivity (Wildman–Crippen MR) is 53.6 cm³/mol. The molecule has 0 atom stereocenters. The molecule has 0 bridgehead atoms. The van der Waals surface area contributed by atoms with E-state index in [1.165, 1.54) is 0 Å².